The van der Waals surface area contributed by atoms with Crippen LogP contribution in [-0.4, -0.2) is 12.3 Å². The highest BCUT2D eigenvalue weighted by molar-refractivity contribution is 6.30. The molecule has 1 aromatic rings. The Hall–Kier alpha value is -0.860. The van der Waals surface area contributed by atoms with E-state index in [0.29, 0.717) is 24.4 Å². The van der Waals surface area contributed by atoms with Crippen LogP contribution in [0.25, 0.3) is 0 Å². The van der Waals surface area contributed by atoms with Gasteiger partial charge in [-0.25, -0.2) is 0 Å². The molecular formula is C15H22ClNO. The lowest BCUT2D eigenvalue weighted by Crippen LogP contribution is -2.18. The summed E-state index contributed by atoms with van der Waals surface area (Å²) < 4.78 is 0. The summed E-state index contributed by atoms with van der Waals surface area (Å²) in [5.74, 6) is 0.280. The molecule has 0 spiro atoms. The van der Waals surface area contributed by atoms with E-state index in [4.69, 9.17) is 17.3 Å². The van der Waals surface area contributed by atoms with Gasteiger partial charge in [0, 0.05) is 17.9 Å². The SMILES string of the molecule is CC(C)(CCN)CCC(=O)Cc1ccc(Cl)cc1. The first-order chi connectivity index (χ1) is 8.43. The minimum atomic E-state index is 0.157. The zero-order valence-corrected chi connectivity index (χ0v) is 12.0. The smallest absolute Gasteiger partial charge is 0.137 e. The number of nitrogens with two attached hydrogens (primary N) is 1. The number of halogens is 1. The number of benzene rings is 1. The molecule has 1 rings (SSSR count). The predicted octanol–water partition coefficient (Wildman–Crippen LogP) is 3.61. The van der Waals surface area contributed by atoms with Crippen LogP contribution >= 0.6 is 11.6 Å². The molecule has 3 heteroatoms. The second-order valence-corrected chi connectivity index (χ2v) is 5.98. The van der Waals surface area contributed by atoms with Gasteiger partial charge in [-0.15, -0.1) is 0 Å². The summed E-state index contributed by atoms with van der Waals surface area (Å²) in [6, 6.07) is 7.46. The summed E-state index contributed by atoms with van der Waals surface area (Å²) in [4.78, 5) is 11.9. The van der Waals surface area contributed by atoms with Crippen LogP contribution in [0, 0.1) is 5.41 Å². The Labute approximate surface area is 115 Å². The third kappa shape index (κ3) is 5.65. The van der Waals surface area contributed by atoms with Crippen molar-refractivity contribution >= 4 is 17.4 Å². The summed E-state index contributed by atoms with van der Waals surface area (Å²) in [7, 11) is 0. The molecule has 0 saturated carbocycles. The van der Waals surface area contributed by atoms with Crippen molar-refractivity contribution in [1.82, 2.24) is 0 Å². The van der Waals surface area contributed by atoms with Gasteiger partial charge in [-0.2, -0.15) is 0 Å². The van der Waals surface area contributed by atoms with Crippen molar-refractivity contribution in [2.45, 2.75) is 39.5 Å². The zero-order valence-electron chi connectivity index (χ0n) is 11.2. The molecule has 18 heavy (non-hydrogen) atoms. The fraction of sp³-hybridized carbons (Fsp3) is 0.533. The Balaban J connectivity index is 2.40. The fourth-order valence-corrected chi connectivity index (χ4v) is 2.04. The van der Waals surface area contributed by atoms with Gasteiger partial charge < -0.3 is 5.73 Å². The number of hydrogen-bond donors (Lipinski definition) is 1. The molecule has 0 aliphatic rings. The highest BCUT2D eigenvalue weighted by Gasteiger charge is 2.18. The maximum atomic E-state index is 11.9. The van der Waals surface area contributed by atoms with E-state index in [1.54, 1.807) is 0 Å². The lowest BCUT2D eigenvalue weighted by molar-refractivity contribution is -0.119. The third-order valence-electron chi connectivity index (χ3n) is 3.22. The number of carbonyl (C=O) groups excluding carboxylic acids is 1. The second kappa shape index (κ2) is 6.91. The van der Waals surface area contributed by atoms with Crippen LogP contribution in [0.3, 0.4) is 0 Å². The molecule has 100 valence electrons. The summed E-state index contributed by atoms with van der Waals surface area (Å²) in [6.45, 7) is 5.00. The average Bonchev–Trinajstić information content (AvgIpc) is 2.30. The van der Waals surface area contributed by atoms with Crippen molar-refractivity contribution in [1.29, 1.82) is 0 Å². The molecule has 0 fully saturated rings. The number of Topliss-reactive ketones (excluding diaryl/α,β-unsaturated/α-hetero) is 1. The Bertz CT molecular complexity index is 384. The van der Waals surface area contributed by atoms with Crippen LogP contribution in [0.4, 0.5) is 0 Å². The molecule has 0 saturated heterocycles. The van der Waals surface area contributed by atoms with Gasteiger partial charge in [-0.3, -0.25) is 4.79 Å². The molecule has 0 radical (unpaired) electrons. The van der Waals surface area contributed by atoms with Crippen LogP contribution < -0.4 is 5.73 Å². The summed E-state index contributed by atoms with van der Waals surface area (Å²) in [5, 5.41) is 0.704. The topological polar surface area (TPSA) is 43.1 Å². The highest BCUT2D eigenvalue weighted by atomic mass is 35.5. The van der Waals surface area contributed by atoms with Gasteiger partial charge in [-0.1, -0.05) is 37.6 Å². The number of rotatable bonds is 7. The molecule has 2 N–H and O–H groups in total. The molecule has 0 heterocycles. The Morgan fingerprint density at radius 3 is 2.39 bits per heavy atom. The monoisotopic (exact) mass is 267 g/mol. The van der Waals surface area contributed by atoms with Crippen LogP contribution in [0.1, 0.15) is 38.7 Å². The standard InChI is InChI=1S/C15H22ClNO/c1-15(2,9-10-17)8-7-14(18)11-12-3-5-13(16)6-4-12/h3-6H,7-11,17H2,1-2H3. The molecule has 0 unspecified atom stereocenters. The Morgan fingerprint density at radius 2 is 1.83 bits per heavy atom. The van der Waals surface area contributed by atoms with E-state index in [0.717, 1.165) is 18.4 Å². The minimum Gasteiger partial charge on any atom is -0.330 e. The molecule has 0 atom stereocenters. The first-order valence-corrected chi connectivity index (χ1v) is 6.77. The molecule has 0 aliphatic carbocycles. The molecular weight excluding hydrogens is 246 g/mol. The van der Waals surface area contributed by atoms with Crippen molar-refractivity contribution in [2.75, 3.05) is 6.54 Å². The van der Waals surface area contributed by atoms with Crippen molar-refractivity contribution < 1.29 is 4.79 Å². The summed E-state index contributed by atoms with van der Waals surface area (Å²) in [6.07, 6.45) is 2.98. The van der Waals surface area contributed by atoms with Crippen LogP contribution in [0.15, 0.2) is 24.3 Å². The van der Waals surface area contributed by atoms with Crippen molar-refractivity contribution in [2.24, 2.45) is 11.1 Å². The summed E-state index contributed by atoms with van der Waals surface area (Å²) >= 11 is 5.81. The van der Waals surface area contributed by atoms with E-state index in [1.165, 1.54) is 0 Å². The largest absolute Gasteiger partial charge is 0.330 e. The van der Waals surface area contributed by atoms with Gasteiger partial charge in [0.1, 0.15) is 5.78 Å². The van der Waals surface area contributed by atoms with E-state index in [9.17, 15) is 4.79 Å². The van der Waals surface area contributed by atoms with Gasteiger partial charge in [0.2, 0.25) is 0 Å². The lowest BCUT2D eigenvalue weighted by Gasteiger charge is -2.23. The van der Waals surface area contributed by atoms with Gasteiger partial charge in [0.25, 0.3) is 0 Å². The first kappa shape index (κ1) is 15.2. The summed E-state index contributed by atoms with van der Waals surface area (Å²) in [5.41, 5.74) is 6.75. The number of ketones is 1. The van der Waals surface area contributed by atoms with Crippen LogP contribution in [0.5, 0.6) is 0 Å². The van der Waals surface area contributed by atoms with Crippen LogP contribution in [0.2, 0.25) is 5.02 Å². The van der Waals surface area contributed by atoms with Crippen molar-refractivity contribution in [3.05, 3.63) is 34.9 Å². The van der Waals surface area contributed by atoms with Gasteiger partial charge in [-0.05, 0) is 42.5 Å². The predicted molar refractivity (Wildman–Crippen MR) is 76.8 cm³/mol. The van der Waals surface area contributed by atoms with Crippen LogP contribution in [-0.2, 0) is 11.2 Å². The minimum absolute atomic E-state index is 0.157. The van der Waals surface area contributed by atoms with E-state index in [2.05, 4.69) is 13.8 Å². The quantitative estimate of drug-likeness (QED) is 0.820. The average molecular weight is 268 g/mol. The third-order valence-corrected chi connectivity index (χ3v) is 3.47. The Kier molecular flexibility index (Phi) is 5.83. The highest BCUT2D eigenvalue weighted by Crippen LogP contribution is 2.26. The zero-order chi connectivity index (χ0) is 13.6. The normalized spacial score (nSPS) is 11.6. The Morgan fingerprint density at radius 1 is 1.22 bits per heavy atom. The van der Waals surface area contributed by atoms with E-state index in [-0.39, 0.29) is 11.2 Å². The van der Waals surface area contributed by atoms with Crippen molar-refractivity contribution in [3.8, 4) is 0 Å². The molecule has 1 aromatic carbocycles. The number of carbonyl (C=O) groups is 1. The lowest BCUT2D eigenvalue weighted by atomic mass is 9.83. The number of hydrogen-bond acceptors (Lipinski definition) is 2. The molecule has 0 aromatic heterocycles. The fourth-order valence-electron chi connectivity index (χ4n) is 1.91. The van der Waals surface area contributed by atoms with E-state index in [1.807, 2.05) is 24.3 Å². The maximum absolute atomic E-state index is 11.9. The van der Waals surface area contributed by atoms with Gasteiger partial charge in [0.05, 0.1) is 0 Å². The molecule has 2 nitrogen and oxygen atoms in total. The van der Waals surface area contributed by atoms with Gasteiger partial charge in [0.15, 0.2) is 0 Å². The molecule has 0 amide bonds. The first-order valence-electron chi connectivity index (χ1n) is 6.39. The maximum Gasteiger partial charge on any atom is 0.137 e. The van der Waals surface area contributed by atoms with Gasteiger partial charge >= 0.3 is 0 Å². The van der Waals surface area contributed by atoms with E-state index < -0.39 is 0 Å². The second-order valence-electron chi connectivity index (χ2n) is 5.54. The van der Waals surface area contributed by atoms with E-state index >= 15 is 0 Å². The van der Waals surface area contributed by atoms with Crippen molar-refractivity contribution in [3.63, 3.8) is 0 Å². The molecule has 0 bridgehead atoms. The molecule has 0 aliphatic heterocycles.